The third kappa shape index (κ3) is 4.85. The Hall–Kier alpha value is -3.11. The average molecular weight is 527 g/mol. The Balaban J connectivity index is 1.40. The van der Waals surface area contributed by atoms with Gasteiger partial charge in [-0.1, -0.05) is 47.5 Å². The first-order valence-electron chi connectivity index (χ1n) is 10.6. The first-order chi connectivity index (χ1) is 16.5. The van der Waals surface area contributed by atoms with Gasteiger partial charge in [0, 0.05) is 43.4 Å². The summed E-state index contributed by atoms with van der Waals surface area (Å²) in [6.07, 6.45) is -3.22. The van der Waals surface area contributed by atoms with Gasteiger partial charge in [0.1, 0.15) is 10.7 Å². The van der Waals surface area contributed by atoms with E-state index in [1.807, 2.05) is 0 Å². The predicted octanol–water partition coefficient (Wildman–Crippen LogP) is 4.46. The van der Waals surface area contributed by atoms with Gasteiger partial charge in [0.2, 0.25) is 17.5 Å². The van der Waals surface area contributed by atoms with Crippen LogP contribution < -0.4 is 10.4 Å². The van der Waals surface area contributed by atoms with Gasteiger partial charge in [0.15, 0.2) is 5.82 Å². The van der Waals surface area contributed by atoms with Crippen LogP contribution in [0.4, 0.5) is 19.0 Å². The highest BCUT2D eigenvalue weighted by atomic mass is 35.5. The van der Waals surface area contributed by atoms with Crippen LogP contribution in [0.15, 0.2) is 47.3 Å². The predicted molar refractivity (Wildman–Crippen MR) is 123 cm³/mol. The van der Waals surface area contributed by atoms with Crippen molar-refractivity contribution in [1.29, 1.82) is 0 Å². The number of anilines is 1. The maximum atomic E-state index is 13.0. The summed E-state index contributed by atoms with van der Waals surface area (Å²) in [5.41, 5.74) is 2.28. The van der Waals surface area contributed by atoms with Crippen LogP contribution in [-0.4, -0.2) is 47.5 Å². The number of aromatic nitrogens is 1. The zero-order chi connectivity index (χ0) is 25.5. The lowest BCUT2D eigenvalue weighted by Crippen LogP contribution is -2.47. The summed E-state index contributed by atoms with van der Waals surface area (Å²) >= 11 is 12.2. The first kappa shape index (κ1) is 25.0. The molecular formula is C23H19Cl2F3N4O3. The molecule has 7 nitrogen and oxygen atoms in total. The summed E-state index contributed by atoms with van der Waals surface area (Å²) in [5, 5.41) is 0.760. The number of carbonyl (C=O) groups excluding carboxylic acids is 3. The molecule has 1 fully saturated rings. The summed E-state index contributed by atoms with van der Waals surface area (Å²) in [4.78, 5) is 43.8. The van der Waals surface area contributed by atoms with E-state index in [0.29, 0.717) is 37.7 Å². The van der Waals surface area contributed by atoms with Crippen LogP contribution in [0, 0.1) is 5.92 Å². The van der Waals surface area contributed by atoms with Gasteiger partial charge in [0.25, 0.3) is 0 Å². The van der Waals surface area contributed by atoms with E-state index in [2.05, 4.69) is 10.4 Å². The average Bonchev–Trinajstić information content (AvgIpc) is 2.82. The second kappa shape index (κ2) is 9.50. The molecular weight excluding hydrogens is 508 g/mol. The number of hydrogen-bond acceptors (Lipinski definition) is 6. The van der Waals surface area contributed by atoms with Crippen molar-refractivity contribution in [2.45, 2.75) is 19.0 Å². The van der Waals surface area contributed by atoms with Crippen molar-refractivity contribution in [3.05, 3.63) is 69.0 Å². The lowest BCUT2D eigenvalue weighted by Gasteiger charge is -2.36. The van der Waals surface area contributed by atoms with Crippen molar-refractivity contribution < 1.29 is 27.6 Å². The molecule has 0 unspecified atom stereocenters. The Kier molecular flexibility index (Phi) is 6.79. The Morgan fingerprint density at radius 2 is 1.71 bits per heavy atom. The summed E-state index contributed by atoms with van der Waals surface area (Å²) < 4.78 is 38.5. The van der Waals surface area contributed by atoms with E-state index >= 15 is 0 Å². The SMILES string of the molecule is CN(NC(=O)C1CCN(C2=C(Cl)C(=O)c3ccccc3C2=O)CC1)c1ncc(C(F)(F)F)cc1Cl. The van der Waals surface area contributed by atoms with E-state index in [9.17, 15) is 27.6 Å². The van der Waals surface area contributed by atoms with E-state index < -0.39 is 23.4 Å². The quantitative estimate of drug-likeness (QED) is 0.592. The van der Waals surface area contributed by atoms with Gasteiger partial charge in [-0.05, 0) is 18.9 Å². The Labute approximate surface area is 208 Å². The zero-order valence-corrected chi connectivity index (χ0v) is 19.8. The van der Waals surface area contributed by atoms with Gasteiger partial charge >= 0.3 is 6.18 Å². The second-order valence-corrected chi connectivity index (χ2v) is 8.98. The number of fused-ring (bicyclic) bond motifs is 1. The molecule has 1 aromatic heterocycles. The summed E-state index contributed by atoms with van der Waals surface area (Å²) in [5.74, 6) is -1.60. The minimum Gasteiger partial charge on any atom is -0.367 e. The molecule has 2 heterocycles. The second-order valence-electron chi connectivity index (χ2n) is 8.19. The largest absolute Gasteiger partial charge is 0.417 e. The highest BCUT2D eigenvalue weighted by Gasteiger charge is 2.37. The van der Waals surface area contributed by atoms with Gasteiger partial charge < -0.3 is 4.90 Å². The molecule has 0 spiro atoms. The maximum Gasteiger partial charge on any atom is 0.417 e. The standard InChI is InChI=1S/C23H19Cl2F3N4O3/c1-31(21-16(24)10-13(11-29-21)23(26,27)28)30-22(35)12-6-8-32(9-7-12)18-17(25)19(33)14-4-2-3-5-15(14)20(18)34/h2-5,10-12H,6-9H2,1H3,(H,30,35). The highest BCUT2D eigenvalue weighted by molar-refractivity contribution is 6.49. The number of nitrogens with one attached hydrogen (secondary N) is 1. The number of carbonyl (C=O) groups is 3. The third-order valence-electron chi connectivity index (χ3n) is 5.97. The number of piperidine rings is 1. The number of nitrogens with zero attached hydrogens (tertiary/aromatic N) is 3. The Bertz CT molecular complexity index is 1240. The lowest BCUT2D eigenvalue weighted by atomic mass is 9.89. The Morgan fingerprint density at radius 3 is 2.29 bits per heavy atom. The number of pyridine rings is 1. The third-order valence-corrected chi connectivity index (χ3v) is 6.59. The smallest absolute Gasteiger partial charge is 0.367 e. The molecule has 4 rings (SSSR count). The summed E-state index contributed by atoms with van der Waals surface area (Å²) in [7, 11) is 1.42. The number of likely N-dealkylation sites (tertiary alicyclic amines) is 1. The van der Waals surface area contributed by atoms with Crippen LogP contribution >= 0.6 is 23.2 Å². The monoisotopic (exact) mass is 526 g/mol. The number of benzene rings is 1. The van der Waals surface area contributed by atoms with Crippen molar-refractivity contribution in [3.63, 3.8) is 0 Å². The molecule has 0 bridgehead atoms. The summed E-state index contributed by atoms with van der Waals surface area (Å²) in [6.45, 7) is 0.627. The molecule has 1 aliphatic carbocycles. The molecule has 1 amide bonds. The van der Waals surface area contributed by atoms with Gasteiger partial charge in [0.05, 0.1) is 10.6 Å². The molecule has 0 atom stereocenters. The van der Waals surface area contributed by atoms with Gasteiger partial charge in [-0.15, -0.1) is 0 Å². The molecule has 1 saturated heterocycles. The van der Waals surface area contributed by atoms with Crippen molar-refractivity contribution >= 4 is 46.5 Å². The number of ketones is 2. The van der Waals surface area contributed by atoms with Crippen LogP contribution in [0.1, 0.15) is 39.1 Å². The zero-order valence-electron chi connectivity index (χ0n) is 18.3. The van der Waals surface area contributed by atoms with Crippen LogP contribution in [-0.2, 0) is 11.0 Å². The number of hydrogen-bond donors (Lipinski definition) is 1. The van der Waals surface area contributed by atoms with Crippen LogP contribution in [0.3, 0.4) is 0 Å². The van der Waals surface area contributed by atoms with Crippen LogP contribution in [0.25, 0.3) is 0 Å². The number of alkyl halides is 3. The molecule has 12 heteroatoms. The molecule has 0 radical (unpaired) electrons. The molecule has 0 saturated carbocycles. The number of hydrazine groups is 1. The van der Waals surface area contributed by atoms with Crippen molar-refractivity contribution in [1.82, 2.24) is 15.3 Å². The maximum absolute atomic E-state index is 13.0. The molecule has 184 valence electrons. The molecule has 35 heavy (non-hydrogen) atoms. The fourth-order valence-corrected chi connectivity index (χ4v) is 4.72. The van der Waals surface area contributed by atoms with E-state index in [1.54, 1.807) is 29.2 Å². The van der Waals surface area contributed by atoms with Crippen LogP contribution in [0.5, 0.6) is 0 Å². The minimum absolute atomic E-state index is 0.0348. The molecule has 2 aromatic rings. The van der Waals surface area contributed by atoms with Crippen molar-refractivity contribution in [2.24, 2.45) is 5.92 Å². The number of allylic oxidation sites excluding steroid dienone is 2. The topological polar surface area (TPSA) is 82.6 Å². The molecule has 2 aliphatic rings. The number of amides is 1. The molecule has 1 aromatic carbocycles. The highest BCUT2D eigenvalue weighted by Crippen LogP contribution is 2.34. The first-order valence-corrected chi connectivity index (χ1v) is 11.3. The number of Topliss-reactive ketones (excluding diaryl/α,β-unsaturated/α-hetero) is 2. The number of halogens is 5. The number of rotatable bonds is 4. The van der Waals surface area contributed by atoms with E-state index in [0.717, 1.165) is 11.1 Å². The normalized spacial score (nSPS) is 16.9. The molecule has 1 aliphatic heterocycles. The van der Waals surface area contributed by atoms with Crippen LogP contribution in [0.2, 0.25) is 5.02 Å². The van der Waals surface area contributed by atoms with Gasteiger partial charge in [-0.2, -0.15) is 13.2 Å². The lowest BCUT2D eigenvalue weighted by molar-refractivity contribution is -0.137. The molecule has 1 N–H and O–H groups in total. The van der Waals surface area contributed by atoms with E-state index in [-0.39, 0.29) is 38.8 Å². The van der Waals surface area contributed by atoms with Crippen molar-refractivity contribution in [2.75, 3.05) is 25.1 Å². The Morgan fingerprint density at radius 1 is 1.11 bits per heavy atom. The van der Waals surface area contributed by atoms with Gasteiger partial charge in [-0.25, -0.2) is 4.98 Å². The fraction of sp³-hybridized carbons (Fsp3) is 0.304. The van der Waals surface area contributed by atoms with E-state index in [1.165, 1.54) is 7.05 Å². The van der Waals surface area contributed by atoms with Gasteiger partial charge in [-0.3, -0.25) is 24.8 Å². The van der Waals surface area contributed by atoms with Crippen molar-refractivity contribution in [3.8, 4) is 0 Å². The minimum atomic E-state index is -4.59. The summed E-state index contributed by atoms with van der Waals surface area (Å²) in [6, 6.07) is 7.21. The fourth-order valence-electron chi connectivity index (χ4n) is 4.12. The van der Waals surface area contributed by atoms with E-state index in [4.69, 9.17) is 23.2 Å².